The van der Waals surface area contributed by atoms with Gasteiger partial charge in [-0.1, -0.05) is 0 Å². The summed E-state index contributed by atoms with van der Waals surface area (Å²) in [6, 6.07) is 0. The van der Waals surface area contributed by atoms with E-state index in [0.29, 0.717) is 12.7 Å². The Balaban J connectivity index is 3.23. The molecule has 0 N–H and O–H groups in total. The Labute approximate surface area is 109 Å². The lowest BCUT2D eigenvalue weighted by atomic mass is 10.3. The van der Waals surface area contributed by atoms with E-state index in [9.17, 15) is 0 Å². The fraction of sp³-hybridized carbons (Fsp3) is 0.556. The molecule has 0 nitrogen and oxygen atoms in total. The van der Waals surface area contributed by atoms with Crippen LogP contribution in [0.15, 0.2) is 14.3 Å². The first-order valence-corrected chi connectivity index (χ1v) is 8.26. The molecule has 1 unspecified atom stereocenters. The minimum absolute atomic E-state index is 0.369. The molecule has 1 heterocycles. The summed E-state index contributed by atoms with van der Waals surface area (Å²) in [6.45, 7) is 9.71. The van der Waals surface area contributed by atoms with Crippen LogP contribution in [0.5, 0.6) is 0 Å². The molecule has 0 fully saturated rings. The van der Waals surface area contributed by atoms with Crippen LogP contribution in [0, 0.1) is 0 Å². The van der Waals surface area contributed by atoms with Crippen molar-refractivity contribution in [3.8, 4) is 0 Å². The first-order valence-electron chi connectivity index (χ1n) is 4.00. The van der Waals surface area contributed by atoms with Crippen molar-refractivity contribution < 1.29 is 0 Å². The van der Waals surface area contributed by atoms with Crippen molar-refractivity contribution in [3.05, 3.63) is 14.3 Å². The molecule has 0 aliphatic heterocycles. The van der Waals surface area contributed by atoms with E-state index in [1.54, 1.807) is 4.62 Å². The molecule has 1 atom stereocenters. The quantitative estimate of drug-likeness (QED) is 0.532. The SMILES string of the molecule is [BH3-][P+](C)(c1scc(Br)c1Br)C(C)(C)C. The number of thiophene rings is 1. The van der Waals surface area contributed by atoms with Crippen LogP contribution < -0.4 is 4.62 Å². The van der Waals surface area contributed by atoms with Gasteiger partial charge in [0.1, 0.15) is 12.2 Å². The van der Waals surface area contributed by atoms with Crippen molar-refractivity contribution in [2.75, 3.05) is 6.66 Å². The van der Waals surface area contributed by atoms with E-state index in [1.807, 2.05) is 11.3 Å². The number of hydrogen-bond donors (Lipinski definition) is 0. The number of rotatable bonds is 1. The van der Waals surface area contributed by atoms with Gasteiger partial charge in [-0.2, -0.15) is 0 Å². The van der Waals surface area contributed by atoms with Crippen molar-refractivity contribution in [2.45, 2.75) is 25.9 Å². The monoisotopic (exact) mass is 356 g/mol. The second-order valence-electron chi connectivity index (χ2n) is 3.93. The van der Waals surface area contributed by atoms with Crippen LogP contribution >= 0.6 is 50.3 Å². The lowest BCUT2D eigenvalue weighted by Crippen LogP contribution is -2.27. The molecule has 0 aromatic carbocycles. The van der Waals surface area contributed by atoms with Crippen molar-refractivity contribution in [3.63, 3.8) is 0 Å². The van der Waals surface area contributed by atoms with Gasteiger partial charge < -0.3 is 0 Å². The molecule has 0 aliphatic carbocycles. The molecule has 0 saturated carbocycles. The second-order valence-corrected chi connectivity index (χ2v) is 9.67. The van der Waals surface area contributed by atoms with E-state index in [1.165, 1.54) is 8.95 Å². The Bertz CT molecular complexity index is 341. The van der Waals surface area contributed by atoms with Crippen LogP contribution in [0.25, 0.3) is 0 Å². The van der Waals surface area contributed by atoms with Crippen LogP contribution in [0.4, 0.5) is 0 Å². The highest BCUT2D eigenvalue weighted by Gasteiger charge is 2.38. The number of hydrogen-bond acceptors (Lipinski definition) is 1. The molecule has 1 aromatic heterocycles. The summed E-state index contributed by atoms with van der Waals surface area (Å²) < 4.78 is 4.19. The normalized spacial score (nSPS) is 16.8. The van der Waals surface area contributed by atoms with E-state index in [4.69, 9.17) is 0 Å². The third kappa shape index (κ3) is 2.29. The summed E-state index contributed by atoms with van der Waals surface area (Å²) in [5.74, 6) is 0. The van der Waals surface area contributed by atoms with Gasteiger partial charge in [0.15, 0.2) is 0 Å². The molecule has 0 saturated heterocycles. The van der Waals surface area contributed by atoms with Crippen LogP contribution in [0.1, 0.15) is 20.8 Å². The second kappa shape index (κ2) is 4.20. The smallest absolute Gasteiger partial charge is 0.112 e. The van der Waals surface area contributed by atoms with E-state index in [0.717, 1.165) is 0 Å². The Morgan fingerprint density at radius 1 is 1.36 bits per heavy atom. The molecule has 0 bridgehead atoms. The molecule has 0 amide bonds. The molecule has 1 aromatic rings. The van der Waals surface area contributed by atoms with Gasteiger partial charge in [-0.05, 0) is 52.6 Å². The third-order valence-corrected chi connectivity index (χ3v) is 9.60. The van der Waals surface area contributed by atoms with Crippen molar-refractivity contribution in [1.29, 1.82) is 0 Å². The average molecular weight is 358 g/mol. The Hall–Kier alpha value is 1.15. The largest absolute Gasteiger partial charge is 0.134 e. The first-order chi connectivity index (χ1) is 6.18. The predicted octanol–water partition coefficient (Wildman–Crippen LogP) is 3.62. The maximum Gasteiger partial charge on any atom is 0.134 e. The minimum atomic E-state index is -0.804. The molecular weight excluding hydrogens is 342 g/mol. The van der Waals surface area contributed by atoms with Gasteiger partial charge in [-0.25, -0.2) is 0 Å². The zero-order chi connectivity index (χ0) is 11.1. The van der Waals surface area contributed by atoms with Crippen molar-refractivity contribution in [2.24, 2.45) is 0 Å². The lowest BCUT2D eigenvalue weighted by Gasteiger charge is -2.37. The summed E-state index contributed by atoms with van der Waals surface area (Å²) in [5, 5.41) is 2.70. The Kier molecular flexibility index (Phi) is 3.96. The standard InChI is InChI=1S/C9H16BBr2PS/c1-9(2,3)13(4,10)8-7(12)6(11)5-14-8/h5H,1-4,10H3. The average Bonchev–Trinajstić information content (AvgIpc) is 2.30. The fourth-order valence-electron chi connectivity index (χ4n) is 0.844. The predicted molar refractivity (Wildman–Crippen MR) is 81.9 cm³/mol. The zero-order valence-corrected chi connectivity index (χ0v) is 13.1. The topological polar surface area (TPSA) is 0 Å². The maximum absolute atomic E-state index is 3.71. The van der Waals surface area contributed by atoms with Crippen LogP contribution in [-0.4, -0.2) is 19.4 Å². The van der Waals surface area contributed by atoms with E-state index < -0.39 is 7.14 Å². The van der Waals surface area contributed by atoms with Crippen LogP contribution in [0.2, 0.25) is 0 Å². The molecule has 0 spiro atoms. The third-order valence-electron chi connectivity index (χ3n) is 1.98. The highest BCUT2D eigenvalue weighted by molar-refractivity contribution is 9.13. The maximum atomic E-state index is 3.71. The Morgan fingerprint density at radius 2 is 1.86 bits per heavy atom. The molecule has 5 heteroatoms. The van der Waals surface area contributed by atoms with Gasteiger partial charge in [-0.15, -0.1) is 18.5 Å². The summed E-state index contributed by atoms with van der Waals surface area (Å²) >= 11 is 9.22. The van der Waals surface area contributed by atoms with Gasteiger partial charge in [0.25, 0.3) is 0 Å². The number of halogens is 2. The molecule has 1 rings (SSSR count). The molecule has 80 valence electrons. The van der Waals surface area contributed by atoms with Crippen LogP contribution in [0.3, 0.4) is 0 Å². The van der Waals surface area contributed by atoms with Crippen molar-refractivity contribution >= 4 is 62.5 Å². The first kappa shape index (κ1) is 13.2. The summed E-state index contributed by atoms with van der Waals surface area (Å²) in [5.41, 5.74) is 0. The molecule has 0 radical (unpaired) electrons. The molecule has 0 aliphatic rings. The van der Waals surface area contributed by atoms with E-state index in [2.05, 4.69) is 64.7 Å². The minimum Gasteiger partial charge on any atom is -0.112 e. The lowest BCUT2D eigenvalue weighted by molar-refractivity contribution is 0.787. The summed E-state index contributed by atoms with van der Waals surface area (Å²) in [6.07, 6.45) is 0. The van der Waals surface area contributed by atoms with Gasteiger partial charge >= 0.3 is 0 Å². The highest BCUT2D eigenvalue weighted by Crippen LogP contribution is 2.63. The van der Waals surface area contributed by atoms with Gasteiger partial charge in [0.2, 0.25) is 0 Å². The molecule has 14 heavy (non-hydrogen) atoms. The van der Waals surface area contributed by atoms with Gasteiger partial charge in [-0.3, -0.25) is 0 Å². The zero-order valence-electron chi connectivity index (χ0n) is 8.19. The van der Waals surface area contributed by atoms with E-state index in [-0.39, 0.29) is 0 Å². The molecular formula is C9H16BBr2PS. The van der Waals surface area contributed by atoms with Crippen LogP contribution in [-0.2, 0) is 0 Å². The summed E-state index contributed by atoms with van der Waals surface area (Å²) in [4.78, 5) is 0. The summed E-state index contributed by atoms with van der Waals surface area (Å²) in [7, 11) is -0.435. The van der Waals surface area contributed by atoms with Gasteiger partial charge in [0.05, 0.1) is 4.47 Å². The van der Waals surface area contributed by atoms with Gasteiger partial charge in [0, 0.05) is 21.7 Å². The van der Waals surface area contributed by atoms with E-state index >= 15 is 0 Å². The fourth-order valence-corrected chi connectivity index (χ4v) is 6.13. The van der Waals surface area contributed by atoms with Crippen molar-refractivity contribution in [1.82, 2.24) is 0 Å². The Morgan fingerprint density at radius 3 is 2.14 bits per heavy atom. The highest BCUT2D eigenvalue weighted by atomic mass is 79.9.